The molecule has 0 amide bonds. The Morgan fingerprint density at radius 3 is 2.24 bits per heavy atom. The first-order valence-electron chi connectivity index (χ1n) is 13.2. The largest absolute Gasteiger partial charge is 0.395 e. The molecule has 1 unspecified atom stereocenters. The summed E-state index contributed by atoms with van der Waals surface area (Å²) in [5, 5.41) is 51.6. The predicted octanol–water partition coefficient (Wildman–Crippen LogP) is 4.18. The summed E-state index contributed by atoms with van der Waals surface area (Å²) in [6, 6.07) is 17.9. The van der Waals surface area contributed by atoms with Crippen LogP contribution in [0.5, 0.6) is 0 Å². The molecule has 0 radical (unpaired) electrons. The second-order valence-electron chi connectivity index (χ2n) is 10.8. The highest BCUT2D eigenvalue weighted by Gasteiger charge is 2.49. The Balaban J connectivity index is 1.51. The molecule has 1 aliphatic heterocycles. The molecule has 1 aliphatic rings. The number of hydrogen-bond donors (Lipinski definition) is 5. The zero-order valence-corrected chi connectivity index (χ0v) is 23.3. The summed E-state index contributed by atoms with van der Waals surface area (Å²) < 4.78 is 42.3. The molecule has 4 aromatic rings. The fourth-order valence-electron chi connectivity index (χ4n) is 5.79. The van der Waals surface area contributed by atoms with Crippen molar-refractivity contribution in [2.45, 2.75) is 48.2 Å². The number of aliphatic hydroxyl groups is 4. The maximum atomic E-state index is 13.8. The van der Waals surface area contributed by atoms with Crippen LogP contribution in [0, 0.1) is 17.5 Å². The molecule has 0 aliphatic carbocycles. The molecule has 41 heavy (non-hydrogen) atoms. The smallest absolute Gasteiger partial charge is 0.194 e. The molecule has 4 N–H and O–H groups in total. The van der Waals surface area contributed by atoms with Crippen LogP contribution in [-0.2, 0) is 0 Å². The van der Waals surface area contributed by atoms with E-state index in [-0.39, 0.29) is 17.0 Å². The third-order valence-electron chi connectivity index (χ3n) is 7.59. The van der Waals surface area contributed by atoms with Crippen LogP contribution < -0.4 is 0 Å². The first kappa shape index (κ1) is 29.3. The lowest BCUT2D eigenvalue weighted by Crippen LogP contribution is -2.52. The van der Waals surface area contributed by atoms with Gasteiger partial charge in [0.25, 0.3) is 0 Å². The highest BCUT2D eigenvalue weighted by Crippen LogP contribution is 2.58. The first-order chi connectivity index (χ1) is 19.5. The molecule has 1 saturated heterocycles. The van der Waals surface area contributed by atoms with Crippen molar-refractivity contribution in [2.75, 3.05) is 12.4 Å². The first-order valence-corrected chi connectivity index (χ1v) is 14.8. The third-order valence-corrected chi connectivity index (χ3v) is 11.3. The Morgan fingerprint density at radius 2 is 1.61 bits per heavy atom. The number of hydrogen-bond acceptors (Lipinski definition) is 6. The van der Waals surface area contributed by atoms with Crippen molar-refractivity contribution in [3.05, 3.63) is 95.9 Å². The summed E-state index contributed by atoms with van der Waals surface area (Å²) in [4.78, 5) is 0. The van der Waals surface area contributed by atoms with E-state index in [0.717, 1.165) is 28.8 Å². The lowest BCUT2D eigenvalue weighted by atomic mass is 9.91. The van der Waals surface area contributed by atoms with Crippen LogP contribution in [0.2, 0.25) is 0 Å². The van der Waals surface area contributed by atoms with Crippen LogP contribution in [0.1, 0.15) is 30.7 Å². The molecular weight excluding hydrogens is 555 g/mol. The van der Waals surface area contributed by atoms with Crippen molar-refractivity contribution in [1.29, 1.82) is 0 Å². The van der Waals surface area contributed by atoms with E-state index in [1.165, 1.54) is 10.9 Å². The van der Waals surface area contributed by atoms with Crippen molar-refractivity contribution in [1.82, 2.24) is 15.0 Å². The van der Waals surface area contributed by atoms with Gasteiger partial charge < -0.3 is 20.4 Å². The van der Waals surface area contributed by atoms with Crippen LogP contribution in [0.4, 0.5) is 13.2 Å². The van der Waals surface area contributed by atoms with Gasteiger partial charge in [-0.05, 0) is 42.7 Å². The molecule has 0 spiro atoms. The number of aliphatic hydroxyl groups excluding tert-OH is 3. The minimum absolute atomic E-state index is 0.0155. The maximum Gasteiger partial charge on any atom is 0.194 e. The number of aromatic nitrogens is 3. The number of rotatable bonds is 7. The molecule has 2 heterocycles. The van der Waals surface area contributed by atoms with Crippen molar-refractivity contribution in [2.24, 2.45) is 0 Å². The molecule has 7 nitrogen and oxygen atoms in total. The van der Waals surface area contributed by atoms with Gasteiger partial charge in [0.2, 0.25) is 0 Å². The number of nitrogens with zero attached hydrogens (tertiary/aromatic N) is 3. The van der Waals surface area contributed by atoms with Crippen LogP contribution in [0.25, 0.3) is 22.4 Å². The van der Waals surface area contributed by atoms with Gasteiger partial charge in [-0.3, -0.25) is 0 Å². The zero-order chi connectivity index (χ0) is 29.5. The Kier molecular flexibility index (Phi) is 8.27. The Labute approximate surface area is 238 Å². The summed E-state index contributed by atoms with van der Waals surface area (Å²) in [5.74, 6) is -4.21. The van der Waals surface area contributed by atoms with Crippen molar-refractivity contribution in [3.63, 3.8) is 0 Å². The van der Waals surface area contributed by atoms with Gasteiger partial charge in [0.05, 0.1) is 30.6 Å². The van der Waals surface area contributed by atoms with E-state index in [1.54, 1.807) is 13.8 Å². The Morgan fingerprint density at radius 1 is 0.976 bits per heavy atom. The monoisotopic (exact) mass is 587 g/mol. The molecule has 5 rings (SSSR count). The molecule has 218 valence electrons. The second kappa shape index (κ2) is 11.6. The Bertz CT molecular complexity index is 1490. The third kappa shape index (κ3) is 5.64. The fourth-order valence-corrected chi connectivity index (χ4v) is 9.48. The van der Waals surface area contributed by atoms with E-state index >= 15 is 0 Å². The normalized spacial score (nSPS) is 24.8. The lowest BCUT2D eigenvalue weighted by molar-refractivity contribution is 0.00572. The predicted molar refractivity (Wildman–Crippen MR) is 152 cm³/mol. The van der Waals surface area contributed by atoms with Crippen LogP contribution in [-0.4, -0.2) is 70.8 Å². The summed E-state index contributed by atoms with van der Waals surface area (Å²) >= 11 is 0. The second-order valence-corrected chi connectivity index (χ2v) is 13.4. The summed E-state index contributed by atoms with van der Waals surface area (Å²) in [7, 11) is -1.42. The summed E-state index contributed by atoms with van der Waals surface area (Å²) in [6.07, 6.45) is -1.13. The lowest BCUT2D eigenvalue weighted by Gasteiger charge is -2.51. The molecule has 1 aromatic heterocycles. The van der Waals surface area contributed by atoms with Gasteiger partial charge in [0, 0.05) is 21.8 Å². The van der Waals surface area contributed by atoms with Gasteiger partial charge in [0.15, 0.2) is 17.5 Å². The van der Waals surface area contributed by atoms with Gasteiger partial charge >= 0.3 is 0 Å². The standard InChI is InChI=1S/C30H32F3N3O4S/c1-30(2,40)29(20-11-7-6-10-19(20)17-8-4-3-5-9-17)41-16-24(38)27(28(39)25(41)15-37)36-14-23(34-35-36)18-12-21(31)26(33)22(32)13-18/h3-14,24-25,27-29,37-41H,15-16H2,1-2H3/t24-,25+,27-,28-,29+/m0/s1. The SMILES string of the molecule is CC(C)(O)[C@@H](c1ccccc1-c1ccccc1)[SH]1C[C@H](O)[C@H](n2cc(-c3cc(F)c(F)c(F)c3)nn2)[C@@H](O)[C@H]1CO. The summed E-state index contributed by atoms with van der Waals surface area (Å²) in [6.45, 7) is 2.96. The average molecular weight is 588 g/mol. The van der Waals surface area contributed by atoms with Crippen LogP contribution in [0.15, 0.2) is 72.9 Å². The number of halogens is 3. The molecule has 1 fully saturated rings. The minimum Gasteiger partial charge on any atom is -0.395 e. The molecular formula is C30H32F3N3O4S. The van der Waals surface area contributed by atoms with E-state index in [0.29, 0.717) is 0 Å². The highest BCUT2D eigenvalue weighted by molar-refractivity contribution is 8.18. The zero-order valence-electron chi connectivity index (χ0n) is 22.4. The molecule has 6 atom stereocenters. The topological polar surface area (TPSA) is 112 Å². The maximum absolute atomic E-state index is 13.8. The average Bonchev–Trinajstić information content (AvgIpc) is 3.41. The van der Waals surface area contributed by atoms with E-state index in [2.05, 4.69) is 10.3 Å². The quantitative estimate of drug-likeness (QED) is 0.164. The fraction of sp³-hybridized carbons (Fsp3) is 0.333. The van der Waals surface area contributed by atoms with Gasteiger partial charge in [-0.2, -0.15) is 0 Å². The molecule has 11 heteroatoms. The number of benzene rings is 3. The highest BCUT2D eigenvalue weighted by atomic mass is 32.2. The van der Waals surface area contributed by atoms with E-state index in [1.807, 2.05) is 54.6 Å². The van der Waals surface area contributed by atoms with Gasteiger partial charge in [-0.15, -0.1) is 5.10 Å². The van der Waals surface area contributed by atoms with Gasteiger partial charge in [0.1, 0.15) is 11.7 Å². The van der Waals surface area contributed by atoms with E-state index in [9.17, 15) is 33.6 Å². The molecule has 3 aromatic carbocycles. The van der Waals surface area contributed by atoms with Crippen molar-refractivity contribution >= 4 is 10.9 Å². The van der Waals surface area contributed by atoms with Gasteiger partial charge in [-0.1, -0.05) is 59.8 Å². The number of thiol groups is 1. The molecule has 0 saturated carbocycles. The molecule has 0 bridgehead atoms. The Hall–Kier alpha value is -3.22. The van der Waals surface area contributed by atoms with E-state index in [4.69, 9.17) is 0 Å². The van der Waals surface area contributed by atoms with Crippen molar-refractivity contribution < 1.29 is 33.6 Å². The summed E-state index contributed by atoms with van der Waals surface area (Å²) in [5.41, 5.74) is 1.39. The minimum atomic E-state index is -1.60. The van der Waals surface area contributed by atoms with E-state index < -0.39 is 69.3 Å². The van der Waals surface area contributed by atoms with Crippen molar-refractivity contribution in [3.8, 4) is 22.4 Å². The van der Waals surface area contributed by atoms with Gasteiger partial charge in [-0.25, -0.2) is 28.7 Å². The van der Waals surface area contributed by atoms with Crippen LogP contribution >= 0.6 is 10.9 Å². The van der Waals surface area contributed by atoms with Crippen LogP contribution in [0.3, 0.4) is 0 Å².